The molecule has 4 heteroatoms. The number of anilines is 1. The van der Waals surface area contributed by atoms with Gasteiger partial charge < -0.3 is 10.1 Å². The lowest BCUT2D eigenvalue weighted by molar-refractivity contribution is 0.226. The maximum absolute atomic E-state index is 5.98. The third kappa shape index (κ3) is 1.56. The van der Waals surface area contributed by atoms with E-state index in [4.69, 9.17) is 27.9 Å². The molecule has 1 N–H and O–H groups in total. The summed E-state index contributed by atoms with van der Waals surface area (Å²) < 4.78 is 5.56. The van der Waals surface area contributed by atoms with Crippen LogP contribution in [0.5, 0.6) is 5.75 Å². The van der Waals surface area contributed by atoms with Crippen LogP contribution in [0.4, 0.5) is 5.69 Å². The van der Waals surface area contributed by atoms with E-state index in [0.29, 0.717) is 15.8 Å². The summed E-state index contributed by atoms with van der Waals surface area (Å²) in [4.78, 5) is 0. The molecule has 1 unspecified atom stereocenters. The van der Waals surface area contributed by atoms with E-state index in [1.54, 1.807) is 6.07 Å². The number of hydrogen-bond acceptors (Lipinski definition) is 2. The summed E-state index contributed by atoms with van der Waals surface area (Å²) in [5, 5.41) is 4.22. The summed E-state index contributed by atoms with van der Waals surface area (Å²) in [5.41, 5.74) is 0.910. The Kier molecular flexibility index (Phi) is 2.26. The molecule has 0 fully saturated rings. The molecule has 2 rings (SSSR count). The van der Waals surface area contributed by atoms with Gasteiger partial charge in [-0.3, -0.25) is 0 Å². The molecule has 0 aromatic heterocycles. The quantitative estimate of drug-likeness (QED) is 0.721. The van der Waals surface area contributed by atoms with Gasteiger partial charge in [0.2, 0.25) is 0 Å². The second-order valence-electron chi connectivity index (χ2n) is 3.05. The third-order valence-electron chi connectivity index (χ3n) is 1.95. The van der Waals surface area contributed by atoms with Crippen LogP contribution in [0.1, 0.15) is 6.92 Å². The summed E-state index contributed by atoms with van der Waals surface area (Å²) in [6.45, 7) is 2.78. The highest BCUT2D eigenvalue weighted by atomic mass is 35.5. The lowest BCUT2D eigenvalue weighted by Crippen LogP contribution is -2.27. The molecule has 0 amide bonds. The molecular formula is C9H9Cl2NO. The van der Waals surface area contributed by atoms with Gasteiger partial charge in [-0.05, 0) is 19.1 Å². The summed E-state index contributed by atoms with van der Waals surface area (Å²) in [7, 11) is 0. The number of benzene rings is 1. The highest BCUT2D eigenvalue weighted by Gasteiger charge is 2.19. The van der Waals surface area contributed by atoms with E-state index in [2.05, 4.69) is 5.32 Å². The first-order chi connectivity index (χ1) is 6.18. The van der Waals surface area contributed by atoms with Crippen molar-refractivity contribution in [2.24, 2.45) is 0 Å². The predicted molar refractivity (Wildman–Crippen MR) is 55.0 cm³/mol. The van der Waals surface area contributed by atoms with Gasteiger partial charge in [0.1, 0.15) is 11.1 Å². The van der Waals surface area contributed by atoms with E-state index in [9.17, 15) is 0 Å². The fraction of sp³-hybridized carbons (Fsp3) is 0.333. The van der Waals surface area contributed by atoms with E-state index < -0.39 is 0 Å². The van der Waals surface area contributed by atoms with Gasteiger partial charge in [0.15, 0.2) is 5.75 Å². The molecule has 1 aliphatic rings. The van der Waals surface area contributed by atoms with Gasteiger partial charge >= 0.3 is 0 Å². The summed E-state index contributed by atoms with van der Waals surface area (Å²) in [6, 6.07) is 3.63. The van der Waals surface area contributed by atoms with Crippen LogP contribution in [0.3, 0.4) is 0 Å². The molecule has 1 atom stereocenters. The molecule has 0 saturated carbocycles. The molecular weight excluding hydrogens is 209 g/mol. The Balaban J connectivity index is 2.48. The number of nitrogens with one attached hydrogen (secondary N) is 1. The second kappa shape index (κ2) is 3.28. The Bertz CT molecular complexity index is 341. The van der Waals surface area contributed by atoms with E-state index in [1.807, 2.05) is 13.0 Å². The van der Waals surface area contributed by atoms with Gasteiger partial charge in [-0.1, -0.05) is 23.2 Å². The van der Waals surface area contributed by atoms with Crippen LogP contribution >= 0.6 is 23.2 Å². The van der Waals surface area contributed by atoms with E-state index >= 15 is 0 Å². The first-order valence-corrected chi connectivity index (χ1v) is 4.82. The van der Waals surface area contributed by atoms with Crippen molar-refractivity contribution in [3.05, 3.63) is 22.2 Å². The molecule has 1 aromatic carbocycles. The molecule has 1 aromatic rings. The van der Waals surface area contributed by atoms with Crippen molar-refractivity contribution in [2.75, 3.05) is 11.9 Å². The van der Waals surface area contributed by atoms with Crippen molar-refractivity contribution < 1.29 is 4.74 Å². The van der Waals surface area contributed by atoms with Crippen molar-refractivity contribution in [1.29, 1.82) is 0 Å². The predicted octanol–water partition coefficient (Wildman–Crippen LogP) is 3.19. The average Bonchev–Trinajstić information content (AvgIpc) is 2.12. The molecule has 0 aliphatic carbocycles. The number of rotatable bonds is 0. The summed E-state index contributed by atoms with van der Waals surface area (Å²) >= 11 is 11.8. The van der Waals surface area contributed by atoms with E-state index in [1.165, 1.54) is 0 Å². The number of ether oxygens (including phenoxy) is 1. The van der Waals surface area contributed by atoms with Crippen molar-refractivity contribution in [1.82, 2.24) is 0 Å². The first-order valence-electron chi connectivity index (χ1n) is 4.07. The Labute approximate surface area is 86.8 Å². The van der Waals surface area contributed by atoms with Crippen LogP contribution in [0, 0.1) is 0 Å². The molecule has 13 heavy (non-hydrogen) atoms. The normalized spacial score (nSPS) is 20.1. The molecule has 70 valence electrons. The van der Waals surface area contributed by atoms with Gasteiger partial charge in [-0.25, -0.2) is 0 Å². The van der Waals surface area contributed by atoms with Crippen LogP contribution in [-0.4, -0.2) is 12.6 Å². The lowest BCUT2D eigenvalue weighted by Gasteiger charge is -2.25. The van der Waals surface area contributed by atoms with Gasteiger partial charge in [-0.15, -0.1) is 0 Å². The summed E-state index contributed by atoms with van der Waals surface area (Å²) in [6.07, 6.45) is 0.128. The largest absolute Gasteiger partial charge is 0.485 e. The zero-order valence-corrected chi connectivity index (χ0v) is 8.62. The fourth-order valence-corrected chi connectivity index (χ4v) is 1.64. The Hall–Kier alpha value is -0.600. The number of halogens is 2. The minimum Gasteiger partial charge on any atom is -0.485 e. The second-order valence-corrected chi connectivity index (χ2v) is 3.83. The number of hydrogen-bond donors (Lipinski definition) is 1. The van der Waals surface area contributed by atoms with Gasteiger partial charge in [0.05, 0.1) is 17.3 Å². The minimum atomic E-state index is 0.128. The zero-order valence-electron chi connectivity index (χ0n) is 7.10. The van der Waals surface area contributed by atoms with Gasteiger partial charge in [0, 0.05) is 0 Å². The van der Waals surface area contributed by atoms with Crippen LogP contribution in [-0.2, 0) is 0 Å². The Morgan fingerprint density at radius 1 is 1.46 bits per heavy atom. The lowest BCUT2D eigenvalue weighted by atomic mass is 10.2. The smallest absolute Gasteiger partial charge is 0.162 e. The van der Waals surface area contributed by atoms with Crippen LogP contribution in [0.2, 0.25) is 10.0 Å². The Morgan fingerprint density at radius 2 is 2.23 bits per heavy atom. The molecule has 1 heterocycles. The molecule has 0 radical (unpaired) electrons. The van der Waals surface area contributed by atoms with Crippen molar-refractivity contribution in [3.8, 4) is 5.75 Å². The van der Waals surface area contributed by atoms with Crippen molar-refractivity contribution in [3.63, 3.8) is 0 Å². The van der Waals surface area contributed by atoms with Crippen LogP contribution < -0.4 is 10.1 Å². The van der Waals surface area contributed by atoms with Crippen molar-refractivity contribution in [2.45, 2.75) is 13.0 Å². The standard InChI is InChI=1S/C9H9Cl2NO/c1-5-4-12-7-3-2-6(10)8(11)9(7)13-5/h2-3,5,12H,4H2,1H3. The van der Waals surface area contributed by atoms with Gasteiger partial charge in [0.25, 0.3) is 0 Å². The van der Waals surface area contributed by atoms with Crippen LogP contribution in [0.15, 0.2) is 12.1 Å². The maximum Gasteiger partial charge on any atom is 0.162 e. The number of fused-ring (bicyclic) bond motifs is 1. The topological polar surface area (TPSA) is 21.3 Å². The van der Waals surface area contributed by atoms with E-state index in [0.717, 1.165) is 12.2 Å². The highest BCUT2D eigenvalue weighted by molar-refractivity contribution is 6.43. The molecule has 2 nitrogen and oxygen atoms in total. The third-order valence-corrected chi connectivity index (χ3v) is 2.74. The fourth-order valence-electron chi connectivity index (χ4n) is 1.28. The Morgan fingerprint density at radius 3 is 3.00 bits per heavy atom. The van der Waals surface area contributed by atoms with Crippen LogP contribution in [0.25, 0.3) is 0 Å². The van der Waals surface area contributed by atoms with Gasteiger partial charge in [-0.2, -0.15) is 0 Å². The molecule has 0 bridgehead atoms. The summed E-state index contributed by atoms with van der Waals surface area (Å²) in [5.74, 6) is 0.660. The zero-order chi connectivity index (χ0) is 9.42. The monoisotopic (exact) mass is 217 g/mol. The maximum atomic E-state index is 5.98. The van der Waals surface area contributed by atoms with E-state index in [-0.39, 0.29) is 6.10 Å². The highest BCUT2D eigenvalue weighted by Crippen LogP contribution is 2.40. The van der Waals surface area contributed by atoms with Crippen molar-refractivity contribution >= 4 is 28.9 Å². The minimum absolute atomic E-state index is 0.128. The first kappa shape index (κ1) is 8.97. The SMILES string of the molecule is CC1CNc2ccc(Cl)c(Cl)c2O1. The molecule has 1 aliphatic heterocycles. The average molecular weight is 218 g/mol. The molecule has 0 spiro atoms. The molecule has 0 saturated heterocycles.